The predicted octanol–water partition coefficient (Wildman–Crippen LogP) is -1.98. The molecule has 4 unspecified atom stereocenters. The molecule has 45 heavy (non-hydrogen) atoms. The van der Waals surface area contributed by atoms with E-state index in [1.165, 1.54) is 24.3 Å². The lowest BCUT2D eigenvalue weighted by Crippen LogP contribution is -2.58. The molecule has 1 heterocycles. The SMILES string of the molecule is NC(N)=NCCCC1NC(=O)CNC(=O)C(CC(=O)O)NC(=O)C(Cc2ccc(O)cc2)NC(=O)C(CCCCCS)NC1=O. The fourth-order valence-corrected chi connectivity index (χ4v) is 4.72. The van der Waals surface area contributed by atoms with E-state index in [4.69, 9.17) is 11.5 Å². The van der Waals surface area contributed by atoms with Gasteiger partial charge in [-0.2, -0.15) is 12.6 Å². The van der Waals surface area contributed by atoms with Crippen molar-refractivity contribution >= 4 is 54.1 Å². The molecule has 1 aliphatic heterocycles. The number of amides is 5. The average molecular weight is 651 g/mol. The van der Waals surface area contributed by atoms with Crippen molar-refractivity contribution in [3.8, 4) is 5.75 Å². The molecule has 11 N–H and O–H groups in total. The van der Waals surface area contributed by atoms with Gasteiger partial charge < -0.3 is 48.3 Å². The van der Waals surface area contributed by atoms with Crippen molar-refractivity contribution in [2.75, 3.05) is 18.8 Å². The number of guanidine groups is 1. The van der Waals surface area contributed by atoms with E-state index in [0.717, 1.165) is 6.42 Å². The number of benzene rings is 1. The zero-order chi connectivity index (χ0) is 33.4. The fourth-order valence-electron chi connectivity index (χ4n) is 4.49. The standard InChI is InChI=1S/C28H42N8O8S/c29-28(30)31-11-4-6-18-25(42)34-19(5-2-1-3-12-45)26(43)35-20(13-16-7-9-17(37)10-8-16)27(44)36-21(14-23(39)40)24(41)32-15-22(38)33-18/h7-10,18-21,37,45H,1-6,11-15H2,(H,32,41)(H,33,38)(H,34,42)(H,35,43)(H,36,44)(H,39,40)(H4,29,30,31). The number of aromatic hydroxyl groups is 1. The lowest BCUT2D eigenvalue weighted by Gasteiger charge is -2.26. The molecule has 0 spiro atoms. The Morgan fingerprint density at radius 1 is 0.800 bits per heavy atom. The highest BCUT2D eigenvalue weighted by atomic mass is 32.1. The Balaban J connectivity index is 2.46. The van der Waals surface area contributed by atoms with Crippen molar-refractivity contribution in [3.63, 3.8) is 0 Å². The van der Waals surface area contributed by atoms with Crippen LogP contribution in [0.4, 0.5) is 0 Å². The maximum absolute atomic E-state index is 13.6. The first-order valence-corrected chi connectivity index (χ1v) is 15.2. The molecule has 5 amide bonds. The topological polar surface area (TPSA) is 267 Å². The summed E-state index contributed by atoms with van der Waals surface area (Å²) in [5.41, 5.74) is 11.3. The molecule has 0 aromatic heterocycles. The summed E-state index contributed by atoms with van der Waals surface area (Å²) in [7, 11) is 0. The first-order chi connectivity index (χ1) is 21.4. The first-order valence-electron chi connectivity index (χ1n) is 14.5. The Kier molecular flexibility index (Phi) is 15.5. The number of thiol groups is 1. The minimum Gasteiger partial charge on any atom is -0.508 e. The number of phenols is 1. The molecule has 1 saturated heterocycles. The molecule has 0 bridgehead atoms. The third kappa shape index (κ3) is 13.7. The Hall–Kier alpha value is -4.54. The van der Waals surface area contributed by atoms with Crippen molar-refractivity contribution in [3.05, 3.63) is 29.8 Å². The highest BCUT2D eigenvalue weighted by molar-refractivity contribution is 7.80. The number of aliphatic carboxylic acids is 1. The van der Waals surface area contributed by atoms with Crippen LogP contribution in [-0.2, 0) is 35.2 Å². The molecular formula is C28H42N8O8S. The highest BCUT2D eigenvalue weighted by Crippen LogP contribution is 2.13. The summed E-state index contributed by atoms with van der Waals surface area (Å²) in [5.74, 6) is -4.89. The quantitative estimate of drug-likeness (QED) is 0.0487. The van der Waals surface area contributed by atoms with Crippen LogP contribution >= 0.6 is 12.6 Å². The lowest BCUT2D eigenvalue weighted by molar-refractivity contribution is -0.141. The van der Waals surface area contributed by atoms with Crippen LogP contribution in [-0.4, -0.2) is 94.7 Å². The summed E-state index contributed by atoms with van der Waals surface area (Å²) in [6.45, 7) is -0.459. The van der Waals surface area contributed by atoms with Crippen molar-refractivity contribution in [1.82, 2.24) is 26.6 Å². The van der Waals surface area contributed by atoms with Crippen LogP contribution in [0.5, 0.6) is 5.75 Å². The van der Waals surface area contributed by atoms with Gasteiger partial charge in [-0.25, -0.2) is 0 Å². The number of unbranched alkanes of at least 4 members (excludes halogenated alkanes) is 2. The third-order valence-corrected chi connectivity index (χ3v) is 7.14. The van der Waals surface area contributed by atoms with E-state index in [-0.39, 0.29) is 43.9 Å². The second kappa shape index (κ2) is 19.0. The summed E-state index contributed by atoms with van der Waals surface area (Å²) in [6, 6.07) is 0.726. The Morgan fingerprint density at radius 2 is 1.38 bits per heavy atom. The van der Waals surface area contributed by atoms with E-state index < -0.39 is 72.6 Å². The molecule has 0 radical (unpaired) electrons. The number of hydrogen-bond acceptors (Lipinski definition) is 9. The van der Waals surface area contributed by atoms with Crippen LogP contribution in [0, 0.1) is 0 Å². The van der Waals surface area contributed by atoms with Crippen LogP contribution in [0.25, 0.3) is 0 Å². The second-order valence-electron chi connectivity index (χ2n) is 10.5. The number of phenolic OH excluding ortho intramolecular Hbond substituents is 1. The number of aliphatic imine (C=N–C) groups is 1. The summed E-state index contributed by atoms with van der Waals surface area (Å²) in [4.78, 5) is 81.5. The number of nitrogens with two attached hydrogens (primary N) is 2. The fraction of sp³-hybridized carbons (Fsp3) is 0.536. The normalized spacial score (nSPS) is 21.6. The molecule has 0 saturated carbocycles. The third-order valence-electron chi connectivity index (χ3n) is 6.82. The molecule has 0 aliphatic carbocycles. The second-order valence-corrected chi connectivity index (χ2v) is 11.0. The van der Waals surface area contributed by atoms with E-state index in [1.54, 1.807) is 0 Å². The van der Waals surface area contributed by atoms with Crippen LogP contribution < -0.4 is 38.1 Å². The van der Waals surface area contributed by atoms with Gasteiger partial charge in [-0.1, -0.05) is 25.0 Å². The average Bonchev–Trinajstić information content (AvgIpc) is 2.98. The summed E-state index contributed by atoms with van der Waals surface area (Å²) < 4.78 is 0. The van der Waals surface area contributed by atoms with Crippen LogP contribution in [0.2, 0.25) is 0 Å². The van der Waals surface area contributed by atoms with Crippen LogP contribution in [0.3, 0.4) is 0 Å². The van der Waals surface area contributed by atoms with E-state index >= 15 is 0 Å². The van der Waals surface area contributed by atoms with Crippen molar-refractivity contribution in [2.45, 2.75) is 75.5 Å². The minimum atomic E-state index is -1.58. The smallest absolute Gasteiger partial charge is 0.305 e. The number of nitrogens with zero attached hydrogens (tertiary/aromatic N) is 1. The Morgan fingerprint density at radius 3 is 2.00 bits per heavy atom. The molecule has 1 fully saturated rings. The van der Waals surface area contributed by atoms with E-state index in [1.807, 2.05) is 0 Å². The number of rotatable bonds is 13. The van der Waals surface area contributed by atoms with Gasteiger partial charge in [-0.15, -0.1) is 0 Å². The number of carbonyl (C=O) groups excluding carboxylic acids is 5. The molecular weight excluding hydrogens is 608 g/mol. The Bertz CT molecular complexity index is 1230. The molecule has 2 rings (SSSR count). The zero-order valence-electron chi connectivity index (χ0n) is 24.8. The van der Waals surface area contributed by atoms with Gasteiger partial charge in [0.25, 0.3) is 0 Å². The largest absolute Gasteiger partial charge is 0.508 e. The van der Waals surface area contributed by atoms with Crippen molar-refractivity contribution in [1.29, 1.82) is 0 Å². The number of nitrogens with one attached hydrogen (secondary N) is 5. The molecule has 17 heteroatoms. The van der Waals surface area contributed by atoms with Gasteiger partial charge in [-0.3, -0.25) is 33.8 Å². The van der Waals surface area contributed by atoms with E-state index in [9.17, 15) is 39.0 Å². The monoisotopic (exact) mass is 650 g/mol. The molecule has 16 nitrogen and oxygen atoms in total. The van der Waals surface area contributed by atoms with Gasteiger partial charge in [0, 0.05) is 13.0 Å². The van der Waals surface area contributed by atoms with Crippen molar-refractivity contribution < 1.29 is 39.0 Å². The summed E-state index contributed by atoms with van der Waals surface area (Å²) in [6.07, 6.45) is 1.70. The highest BCUT2D eigenvalue weighted by Gasteiger charge is 2.33. The van der Waals surface area contributed by atoms with Gasteiger partial charge in [0.05, 0.1) is 13.0 Å². The van der Waals surface area contributed by atoms with E-state index in [0.29, 0.717) is 24.2 Å². The zero-order valence-corrected chi connectivity index (χ0v) is 25.7. The summed E-state index contributed by atoms with van der Waals surface area (Å²) >= 11 is 4.20. The summed E-state index contributed by atoms with van der Waals surface area (Å²) in [5, 5.41) is 31.5. The maximum Gasteiger partial charge on any atom is 0.305 e. The van der Waals surface area contributed by atoms with Gasteiger partial charge >= 0.3 is 5.97 Å². The Labute approximate surface area is 265 Å². The predicted molar refractivity (Wildman–Crippen MR) is 167 cm³/mol. The number of hydrogen-bond donors (Lipinski definition) is 10. The number of carboxylic acids is 1. The molecule has 1 aromatic carbocycles. The van der Waals surface area contributed by atoms with Crippen molar-refractivity contribution in [2.24, 2.45) is 16.5 Å². The molecule has 248 valence electrons. The molecule has 1 aromatic rings. The molecule has 4 atom stereocenters. The van der Waals surface area contributed by atoms with E-state index in [2.05, 4.69) is 44.2 Å². The first kappa shape index (κ1) is 36.7. The van der Waals surface area contributed by atoms with Gasteiger partial charge in [0.1, 0.15) is 29.9 Å². The number of carboxylic acid groups (broad SMARTS) is 1. The lowest BCUT2D eigenvalue weighted by atomic mass is 10.0. The van der Waals surface area contributed by atoms with Gasteiger partial charge in [0.15, 0.2) is 5.96 Å². The van der Waals surface area contributed by atoms with Gasteiger partial charge in [-0.05, 0) is 49.1 Å². The van der Waals surface area contributed by atoms with Crippen LogP contribution in [0.15, 0.2) is 29.3 Å². The van der Waals surface area contributed by atoms with Crippen LogP contribution in [0.1, 0.15) is 50.5 Å². The number of carbonyl (C=O) groups is 6. The van der Waals surface area contributed by atoms with Gasteiger partial charge in [0.2, 0.25) is 29.5 Å². The maximum atomic E-state index is 13.6. The minimum absolute atomic E-state index is 0.0208. The molecule has 1 aliphatic rings.